The molecule has 0 saturated heterocycles. The number of carboxylic acid groups (broad SMARTS) is 1. The fraction of sp³-hybridized carbons (Fsp3) is 0.231. The number of aryl methyl sites for hydroxylation is 1. The van der Waals surface area contributed by atoms with Gasteiger partial charge in [0.05, 0.1) is 11.4 Å². The van der Waals surface area contributed by atoms with Crippen LogP contribution in [0.25, 0.3) is 0 Å². The average molecular weight is 298 g/mol. The highest BCUT2D eigenvalue weighted by Crippen LogP contribution is 2.28. The maximum absolute atomic E-state index is 13.5. The summed E-state index contributed by atoms with van der Waals surface area (Å²) in [7, 11) is 0. The Kier molecular flexibility index (Phi) is 4.29. The van der Waals surface area contributed by atoms with Crippen LogP contribution in [0.4, 0.5) is 19.6 Å². The van der Waals surface area contributed by atoms with Crippen LogP contribution in [0.5, 0.6) is 0 Å². The van der Waals surface area contributed by atoms with Crippen LogP contribution in [0.15, 0.2) is 18.2 Å². The number of nitrogens with one attached hydrogen (secondary N) is 1. The first-order chi connectivity index (χ1) is 9.51. The van der Waals surface area contributed by atoms with Gasteiger partial charge < -0.3 is 10.4 Å². The molecule has 0 bridgehead atoms. The van der Waals surface area contributed by atoms with E-state index in [0.29, 0.717) is 12.1 Å². The lowest BCUT2D eigenvalue weighted by atomic mass is 10.2. The maximum atomic E-state index is 13.5. The number of aromatic carboxylic acids is 1. The maximum Gasteiger partial charge on any atom is 0.347 e. The van der Waals surface area contributed by atoms with Crippen molar-refractivity contribution in [3.63, 3.8) is 0 Å². The molecule has 0 aliphatic rings. The van der Waals surface area contributed by atoms with Gasteiger partial charge in [-0.15, -0.1) is 0 Å². The minimum Gasteiger partial charge on any atom is -0.477 e. The SMILES string of the molecule is CCCc1nc(Nc2ccc(F)cc2F)sc1C(=O)O. The highest BCUT2D eigenvalue weighted by Gasteiger charge is 2.17. The Labute approximate surface area is 118 Å². The zero-order valence-electron chi connectivity index (χ0n) is 10.6. The third-order valence-corrected chi connectivity index (χ3v) is 3.55. The van der Waals surface area contributed by atoms with E-state index in [-0.39, 0.29) is 15.7 Å². The normalized spacial score (nSPS) is 10.6. The lowest BCUT2D eigenvalue weighted by molar-refractivity contribution is 0.0700. The molecule has 0 fully saturated rings. The predicted octanol–water partition coefficient (Wildman–Crippen LogP) is 3.82. The second-order valence-corrected chi connectivity index (χ2v) is 5.10. The first-order valence-corrected chi connectivity index (χ1v) is 6.78. The summed E-state index contributed by atoms with van der Waals surface area (Å²) in [6, 6.07) is 3.11. The summed E-state index contributed by atoms with van der Waals surface area (Å²) in [4.78, 5) is 15.4. The third kappa shape index (κ3) is 3.11. The number of hydrogen-bond acceptors (Lipinski definition) is 4. The van der Waals surface area contributed by atoms with Crippen molar-refractivity contribution in [2.24, 2.45) is 0 Å². The van der Waals surface area contributed by atoms with Crippen LogP contribution in [0.1, 0.15) is 28.7 Å². The Hall–Kier alpha value is -2.02. The molecule has 2 rings (SSSR count). The summed E-state index contributed by atoms with van der Waals surface area (Å²) in [5.41, 5.74) is 0.523. The van der Waals surface area contributed by atoms with Crippen molar-refractivity contribution in [2.45, 2.75) is 19.8 Å². The van der Waals surface area contributed by atoms with Gasteiger partial charge in [0.2, 0.25) is 0 Å². The number of halogens is 2. The Bertz CT molecular complexity index is 643. The van der Waals surface area contributed by atoms with Gasteiger partial charge in [-0.25, -0.2) is 18.6 Å². The molecule has 0 aliphatic carbocycles. The quantitative estimate of drug-likeness (QED) is 0.881. The summed E-state index contributed by atoms with van der Waals surface area (Å²) >= 11 is 0.933. The van der Waals surface area contributed by atoms with E-state index >= 15 is 0 Å². The van der Waals surface area contributed by atoms with E-state index in [0.717, 1.165) is 29.9 Å². The lowest BCUT2D eigenvalue weighted by Gasteiger charge is -2.03. The van der Waals surface area contributed by atoms with Gasteiger partial charge in [0, 0.05) is 6.07 Å². The number of benzene rings is 1. The molecule has 1 aromatic heterocycles. The summed E-state index contributed by atoms with van der Waals surface area (Å²) in [6.45, 7) is 1.91. The Morgan fingerprint density at radius 2 is 2.20 bits per heavy atom. The summed E-state index contributed by atoms with van der Waals surface area (Å²) in [6.07, 6.45) is 1.29. The first-order valence-electron chi connectivity index (χ1n) is 5.96. The number of thiazole rings is 1. The second kappa shape index (κ2) is 5.96. The molecular weight excluding hydrogens is 286 g/mol. The molecule has 20 heavy (non-hydrogen) atoms. The van der Waals surface area contributed by atoms with Gasteiger partial charge >= 0.3 is 5.97 Å². The van der Waals surface area contributed by atoms with E-state index in [1.807, 2.05) is 6.92 Å². The van der Waals surface area contributed by atoms with Crippen molar-refractivity contribution in [1.82, 2.24) is 4.98 Å². The van der Waals surface area contributed by atoms with Gasteiger partial charge in [-0.1, -0.05) is 24.7 Å². The Morgan fingerprint density at radius 1 is 1.45 bits per heavy atom. The molecule has 106 valence electrons. The highest BCUT2D eigenvalue weighted by atomic mass is 32.1. The first kappa shape index (κ1) is 14.4. The Balaban J connectivity index is 2.29. The molecule has 0 aliphatic heterocycles. The topological polar surface area (TPSA) is 62.2 Å². The molecular formula is C13H12F2N2O2S. The van der Waals surface area contributed by atoms with E-state index in [9.17, 15) is 13.6 Å². The van der Waals surface area contributed by atoms with Crippen LogP contribution in [0.2, 0.25) is 0 Å². The number of carboxylic acids is 1. The van der Waals surface area contributed by atoms with Crippen molar-refractivity contribution in [1.29, 1.82) is 0 Å². The van der Waals surface area contributed by atoms with E-state index in [1.54, 1.807) is 0 Å². The molecule has 2 aromatic rings. The smallest absolute Gasteiger partial charge is 0.347 e. The van der Waals surface area contributed by atoms with Crippen LogP contribution in [-0.4, -0.2) is 16.1 Å². The average Bonchev–Trinajstić information content (AvgIpc) is 2.76. The second-order valence-electron chi connectivity index (χ2n) is 4.10. The standard InChI is InChI=1S/C13H12F2N2O2S/c1-2-3-10-11(12(18)19)20-13(17-10)16-9-5-4-7(14)6-8(9)15/h4-6H,2-3H2,1H3,(H,16,17)(H,18,19). The molecule has 0 saturated carbocycles. The van der Waals surface area contributed by atoms with Crippen molar-refractivity contribution in [2.75, 3.05) is 5.32 Å². The molecule has 7 heteroatoms. The van der Waals surface area contributed by atoms with Gasteiger partial charge in [-0.05, 0) is 18.6 Å². The van der Waals surface area contributed by atoms with E-state index < -0.39 is 17.6 Å². The Morgan fingerprint density at radius 3 is 2.80 bits per heavy atom. The molecule has 1 heterocycles. The zero-order valence-corrected chi connectivity index (χ0v) is 11.4. The third-order valence-electron chi connectivity index (χ3n) is 2.55. The molecule has 0 amide bonds. The van der Waals surface area contributed by atoms with Gasteiger partial charge in [-0.3, -0.25) is 0 Å². The minimum atomic E-state index is -1.06. The van der Waals surface area contributed by atoms with Gasteiger partial charge in [0.15, 0.2) is 5.13 Å². The number of rotatable bonds is 5. The van der Waals surface area contributed by atoms with Crippen molar-refractivity contribution in [3.05, 3.63) is 40.4 Å². The highest BCUT2D eigenvalue weighted by molar-refractivity contribution is 7.17. The van der Waals surface area contributed by atoms with E-state index in [1.165, 1.54) is 6.07 Å². The van der Waals surface area contributed by atoms with Crippen molar-refractivity contribution < 1.29 is 18.7 Å². The number of carbonyl (C=O) groups is 1. The van der Waals surface area contributed by atoms with Crippen LogP contribution in [0, 0.1) is 11.6 Å². The zero-order chi connectivity index (χ0) is 14.7. The number of anilines is 2. The fourth-order valence-corrected chi connectivity index (χ4v) is 2.55. The summed E-state index contributed by atoms with van der Waals surface area (Å²) < 4.78 is 26.3. The summed E-state index contributed by atoms with van der Waals surface area (Å²) in [5.74, 6) is -2.49. The van der Waals surface area contributed by atoms with E-state index in [4.69, 9.17) is 5.11 Å². The molecule has 2 N–H and O–H groups in total. The van der Waals surface area contributed by atoms with Gasteiger partial charge in [-0.2, -0.15) is 0 Å². The van der Waals surface area contributed by atoms with Crippen LogP contribution >= 0.6 is 11.3 Å². The monoisotopic (exact) mass is 298 g/mol. The predicted molar refractivity (Wildman–Crippen MR) is 72.7 cm³/mol. The molecule has 1 aromatic carbocycles. The van der Waals surface area contributed by atoms with Crippen LogP contribution in [-0.2, 0) is 6.42 Å². The number of aromatic nitrogens is 1. The molecule has 0 unspecified atom stereocenters. The fourth-order valence-electron chi connectivity index (χ4n) is 1.68. The van der Waals surface area contributed by atoms with Crippen LogP contribution in [0.3, 0.4) is 0 Å². The van der Waals surface area contributed by atoms with Crippen molar-refractivity contribution >= 4 is 28.1 Å². The summed E-state index contributed by atoms with van der Waals surface area (Å²) in [5, 5.41) is 12.0. The minimum absolute atomic E-state index is 0.0557. The van der Waals surface area contributed by atoms with Crippen LogP contribution < -0.4 is 5.32 Å². The molecule has 0 atom stereocenters. The number of nitrogens with zero attached hydrogens (tertiary/aromatic N) is 1. The molecule has 0 spiro atoms. The molecule has 4 nitrogen and oxygen atoms in total. The largest absolute Gasteiger partial charge is 0.477 e. The number of hydrogen-bond donors (Lipinski definition) is 2. The molecule has 0 radical (unpaired) electrons. The van der Waals surface area contributed by atoms with Gasteiger partial charge in [0.1, 0.15) is 16.5 Å². The van der Waals surface area contributed by atoms with Crippen molar-refractivity contribution in [3.8, 4) is 0 Å². The lowest BCUT2D eigenvalue weighted by Crippen LogP contribution is -1.98. The van der Waals surface area contributed by atoms with Gasteiger partial charge in [0.25, 0.3) is 0 Å². The van der Waals surface area contributed by atoms with E-state index in [2.05, 4.69) is 10.3 Å².